The minimum absolute atomic E-state index is 0.168. The molecule has 0 aliphatic rings. The average Bonchev–Trinajstić information content (AvgIpc) is 2.61. The van der Waals surface area contributed by atoms with Crippen molar-refractivity contribution in [2.24, 2.45) is 5.92 Å². The molecule has 2 aromatic rings. The number of hydrogen-bond donors (Lipinski definition) is 2. The molecule has 2 amide bonds. The van der Waals surface area contributed by atoms with Crippen molar-refractivity contribution in [3.63, 3.8) is 0 Å². The van der Waals surface area contributed by atoms with E-state index in [1.54, 1.807) is 6.07 Å². The van der Waals surface area contributed by atoms with Gasteiger partial charge < -0.3 is 10.6 Å². The molecule has 0 unspecified atom stereocenters. The van der Waals surface area contributed by atoms with Crippen LogP contribution in [0.5, 0.6) is 0 Å². The average molecular weight is 431 g/mol. The van der Waals surface area contributed by atoms with Gasteiger partial charge in [-0.2, -0.15) is 0 Å². The molecule has 0 aliphatic carbocycles. The molecule has 0 saturated heterocycles. The molecule has 0 radical (unpaired) electrons. The molecule has 2 N–H and O–H groups in total. The van der Waals surface area contributed by atoms with E-state index in [0.717, 1.165) is 15.6 Å². The molecule has 27 heavy (non-hydrogen) atoms. The second-order valence-electron chi connectivity index (χ2n) is 7.22. The number of benzene rings is 2. The second-order valence-corrected chi connectivity index (χ2v) is 8.08. The highest BCUT2D eigenvalue weighted by atomic mass is 79.9. The van der Waals surface area contributed by atoms with Gasteiger partial charge in [0.15, 0.2) is 0 Å². The largest absolute Gasteiger partial charge is 0.348 e. The highest BCUT2D eigenvalue weighted by Gasteiger charge is 2.24. The van der Waals surface area contributed by atoms with Crippen LogP contribution < -0.4 is 10.6 Å². The van der Waals surface area contributed by atoms with E-state index in [-0.39, 0.29) is 23.8 Å². The minimum atomic E-state index is -0.581. The summed E-state index contributed by atoms with van der Waals surface area (Å²) in [6.07, 6.45) is 0.576. The zero-order valence-electron chi connectivity index (χ0n) is 16.3. The minimum Gasteiger partial charge on any atom is -0.348 e. The standard InChI is InChI=1S/C22H27BrN2O2/c1-14(2)13-20(25-21(26)17-10-6-5-9-15(17)3)22(27)24-16(4)18-11-7-8-12-19(18)23/h5-12,14,16,20H,13H2,1-4H3,(H,24,27)(H,25,26)/t16-,20+/m0/s1. The van der Waals surface area contributed by atoms with Crippen LogP contribution in [0, 0.1) is 12.8 Å². The number of halogens is 1. The summed E-state index contributed by atoms with van der Waals surface area (Å²) >= 11 is 3.52. The van der Waals surface area contributed by atoms with Crippen molar-refractivity contribution in [2.75, 3.05) is 0 Å². The summed E-state index contributed by atoms with van der Waals surface area (Å²) in [6, 6.07) is 14.4. The van der Waals surface area contributed by atoms with Crippen LogP contribution >= 0.6 is 15.9 Å². The van der Waals surface area contributed by atoms with Crippen LogP contribution in [0.4, 0.5) is 0 Å². The van der Waals surface area contributed by atoms with E-state index < -0.39 is 6.04 Å². The van der Waals surface area contributed by atoms with Gasteiger partial charge in [-0.05, 0) is 49.4 Å². The van der Waals surface area contributed by atoms with Gasteiger partial charge in [0.05, 0.1) is 6.04 Å². The number of carbonyl (C=O) groups is 2. The fourth-order valence-corrected chi connectivity index (χ4v) is 3.61. The van der Waals surface area contributed by atoms with Crippen molar-refractivity contribution >= 4 is 27.7 Å². The van der Waals surface area contributed by atoms with Crippen molar-refractivity contribution in [3.8, 4) is 0 Å². The lowest BCUT2D eigenvalue weighted by molar-refractivity contribution is -0.124. The number of carbonyl (C=O) groups excluding carboxylic acids is 2. The maximum atomic E-state index is 12.9. The third-order valence-corrected chi connectivity index (χ3v) is 5.17. The predicted octanol–water partition coefficient (Wildman–Crippen LogP) is 4.78. The Labute approximate surface area is 169 Å². The molecule has 144 valence electrons. The van der Waals surface area contributed by atoms with Crippen LogP contribution in [0.3, 0.4) is 0 Å². The van der Waals surface area contributed by atoms with Crippen LogP contribution in [0.15, 0.2) is 53.0 Å². The zero-order chi connectivity index (χ0) is 20.0. The molecule has 4 nitrogen and oxygen atoms in total. The molecule has 0 bridgehead atoms. The third kappa shape index (κ3) is 5.93. The van der Waals surface area contributed by atoms with E-state index in [4.69, 9.17) is 0 Å². The first-order valence-corrected chi connectivity index (χ1v) is 10.00. The molecule has 2 atom stereocenters. The molecule has 0 saturated carbocycles. The molecule has 2 rings (SSSR count). The van der Waals surface area contributed by atoms with Gasteiger partial charge in [-0.1, -0.05) is 66.2 Å². The molecule has 0 aromatic heterocycles. The molecule has 5 heteroatoms. The Kier molecular flexibility index (Phi) is 7.60. The summed E-state index contributed by atoms with van der Waals surface area (Å²) in [5.41, 5.74) is 2.48. The summed E-state index contributed by atoms with van der Waals surface area (Å²) in [5.74, 6) is -0.118. The smallest absolute Gasteiger partial charge is 0.252 e. The van der Waals surface area contributed by atoms with E-state index >= 15 is 0 Å². The molecular weight excluding hydrogens is 404 g/mol. The summed E-state index contributed by atoms with van der Waals surface area (Å²) in [5, 5.41) is 5.94. The van der Waals surface area contributed by atoms with Gasteiger partial charge in [0.25, 0.3) is 5.91 Å². The first-order valence-electron chi connectivity index (χ1n) is 9.21. The normalized spacial score (nSPS) is 13.1. The Bertz CT molecular complexity index is 804. The zero-order valence-corrected chi connectivity index (χ0v) is 17.8. The summed E-state index contributed by atoms with van der Waals surface area (Å²) in [6.45, 7) is 7.91. The van der Waals surface area contributed by atoms with Crippen molar-refractivity contribution in [1.82, 2.24) is 10.6 Å². The second kappa shape index (κ2) is 9.70. The summed E-state index contributed by atoms with van der Waals surface area (Å²) < 4.78 is 0.946. The van der Waals surface area contributed by atoms with Gasteiger partial charge in [-0.25, -0.2) is 0 Å². The number of rotatable bonds is 7. The molecule has 0 heterocycles. The molecule has 2 aromatic carbocycles. The number of aryl methyl sites for hydroxylation is 1. The van der Waals surface area contributed by atoms with Gasteiger partial charge in [-0.15, -0.1) is 0 Å². The summed E-state index contributed by atoms with van der Waals surface area (Å²) in [7, 11) is 0. The van der Waals surface area contributed by atoms with E-state index in [1.165, 1.54) is 0 Å². The van der Waals surface area contributed by atoms with Crippen LogP contribution in [0.25, 0.3) is 0 Å². The lowest BCUT2D eigenvalue weighted by Gasteiger charge is -2.23. The Hall–Kier alpha value is -2.14. The Morgan fingerprint density at radius 3 is 2.22 bits per heavy atom. The van der Waals surface area contributed by atoms with E-state index in [9.17, 15) is 9.59 Å². The SMILES string of the molecule is Cc1ccccc1C(=O)N[C@H](CC(C)C)C(=O)N[C@@H](C)c1ccccc1Br. The molecule has 0 spiro atoms. The van der Waals surface area contributed by atoms with Gasteiger partial charge in [0.2, 0.25) is 5.91 Å². The maximum Gasteiger partial charge on any atom is 0.252 e. The first-order chi connectivity index (χ1) is 12.8. The fourth-order valence-electron chi connectivity index (χ4n) is 2.98. The molecular formula is C22H27BrN2O2. The fraction of sp³-hybridized carbons (Fsp3) is 0.364. The number of amides is 2. The van der Waals surface area contributed by atoms with E-state index in [1.807, 2.05) is 70.2 Å². The Morgan fingerprint density at radius 2 is 1.59 bits per heavy atom. The molecule has 0 aliphatic heterocycles. The van der Waals surface area contributed by atoms with E-state index in [2.05, 4.69) is 26.6 Å². The number of nitrogens with one attached hydrogen (secondary N) is 2. The van der Waals surface area contributed by atoms with Gasteiger partial charge >= 0.3 is 0 Å². The van der Waals surface area contributed by atoms with Gasteiger partial charge in [-0.3, -0.25) is 9.59 Å². The Balaban J connectivity index is 2.13. The van der Waals surface area contributed by atoms with Crippen LogP contribution in [-0.4, -0.2) is 17.9 Å². The number of hydrogen-bond acceptors (Lipinski definition) is 2. The highest BCUT2D eigenvalue weighted by molar-refractivity contribution is 9.10. The van der Waals surface area contributed by atoms with E-state index in [0.29, 0.717) is 12.0 Å². The topological polar surface area (TPSA) is 58.2 Å². The highest BCUT2D eigenvalue weighted by Crippen LogP contribution is 2.23. The maximum absolute atomic E-state index is 12.9. The van der Waals surface area contributed by atoms with Crippen LogP contribution in [0.2, 0.25) is 0 Å². The van der Waals surface area contributed by atoms with Crippen molar-refractivity contribution in [1.29, 1.82) is 0 Å². The van der Waals surface area contributed by atoms with Crippen LogP contribution in [-0.2, 0) is 4.79 Å². The predicted molar refractivity (Wildman–Crippen MR) is 113 cm³/mol. The first kappa shape index (κ1) is 21.2. The molecule has 0 fully saturated rings. The quantitative estimate of drug-likeness (QED) is 0.663. The lowest BCUT2D eigenvalue weighted by Crippen LogP contribution is -2.48. The van der Waals surface area contributed by atoms with Gasteiger partial charge in [0.1, 0.15) is 6.04 Å². The van der Waals surface area contributed by atoms with Crippen LogP contribution in [0.1, 0.15) is 54.7 Å². The van der Waals surface area contributed by atoms with Crippen molar-refractivity contribution in [2.45, 2.75) is 46.2 Å². The summed E-state index contributed by atoms with van der Waals surface area (Å²) in [4.78, 5) is 25.6. The Morgan fingerprint density at radius 1 is 0.963 bits per heavy atom. The monoisotopic (exact) mass is 430 g/mol. The van der Waals surface area contributed by atoms with Crippen molar-refractivity contribution < 1.29 is 9.59 Å². The third-order valence-electron chi connectivity index (χ3n) is 4.45. The van der Waals surface area contributed by atoms with Gasteiger partial charge in [0, 0.05) is 10.0 Å². The van der Waals surface area contributed by atoms with Crippen molar-refractivity contribution in [3.05, 3.63) is 69.7 Å². The lowest BCUT2D eigenvalue weighted by atomic mass is 10.0.